The molecule has 0 aliphatic carbocycles. The van der Waals surface area contributed by atoms with E-state index in [9.17, 15) is 13.5 Å². The van der Waals surface area contributed by atoms with Gasteiger partial charge in [0.2, 0.25) is 10.0 Å². The average molecular weight is 384 g/mol. The van der Waals surface area contributed by atoms with Gasteiger partial charge in [-0.05, 0) is 24.6 Å². The minimum Gasteiger partial charge on any atom is -0.380 e. The highest BCUT2D eigenvalue weighted by Gasteiger charge is 2.42. The van der Waals surface area contributed by atoms with Gasteiger partial charge in [-0.25, -0.2) is 8.42 Å². The molecule has 0 unspecified atom stereocenters. The Morgan fingerprint density at radius 2 is 1.59 bits per heavy atom. The van der Waals surface area contributed by atoms with Crippen molar-refractivity contribution in [1.82, 2.24) is 4.31 Å². The van der Waals surface area contributed by atoms with E-state index in [1.807, 2.05) is 13.0 Å². The van der Waals surface area contributed by atoms with Crippen LogP contribution in [0.25, 0.3) is 0 Å². The van der Waals surface area contributed by atoms with Gasteiger partial charge >= 0.3 is 0 Å². The number of sulfonamides is 1. The number of benzene rings is 2. The van der Waals surface area contributed by atoms with Gasteiger partial charge in [0.05, 0.1) is 10.9 Å². The fraction of sp³-hybridized carbons (Fsp3) is 0.182. The van der Waals surface area contributed by atoms with E-state index in [1.165, 1.54) is 22.5 Å². The lowest BCUT2D eigenvalue weighted by molar-refractivity contribution is 0.0638. The van der Waals surface area contributed by atoms with Crippen molar-refractivity contribution in [1.29, 1.82) is 0 Å². The van der Waals surface area contributed by atoms with Crippen LogP contribution in [0.1, 0.15) is 17.2 Å². The summed E-state index contributed by atoms with van der Waals surface area (Å²) in [6.07, 6.45) is 4.10. The maximum absolute atomic E-state index is 13.4. The van der Waals surface area contributed by atoms with Gasteiger partial charge in [-0.3, -0.25) is 0 Å². The van der Waals surface area contributed by atoms with Crippen LogP contribution >= 0.6 is 0 Å². The maximum Gasteiger partial charge on any atom is 0.244 e. The predicted molar refractivity (Wildman–Crippen MR) is 110 cm³/mol. The van der Waals surface area contributed by atoms with Crippen molar-refractivity contribution in [3.8, 4) is 0 Å². The monoisotopic (exact) mass is 383 g/mol. The Kier molecular flexibility index (Phi) is 6.54. The van der Waals surface area contributed by atoms with E-state index in [1.54, 1.807) is 48.5 Å². The Morgan fingerprint density at radius 1 is 1.04 bits per heavy atom. The van der Waals surface area contributed by atoms with Crippen LogP contribution in [-0.2, 0) is 10.0 Å². The fourth-order valence-corrected chi connectivity index (χ4v) is 4.54. The van der Waals surface area contributed by atoms with Crippen LogP contribution < -0.4 is 0 Å². The summed E-state index contributed by atoms with van der Waals surface area (Å²) in [7, 11) is -3.92. The lowest BCUT2D eigenvalue weighted by atomic mass is 9.88. The number of aryl methyl sites for hydroxylation is 1. The minimum atomic E-state index is -3.92. The molecule has 0 aliphatic heterocycles. The van der Waals surface area contributed by atoms with E-state index < -0.39 is 21.7 Å². The third-order valence-corrected chi connectivity index (χ3v) is 6.28. The summed E-state index contributed by atoms with van der Waals surface area (Å²) >= 11 is 0. The molecular weight excluding hydrogens is 358 g/mol. The van der Waals surface area contributed by atoms with Crippen LogP contribution in [0, 0.1) is 6.92 Å². The van der Waals surface area contributed by atoms with Crippen molar-refractivity contribution in [2.75, 3.05) is 6.54 Å². The second-order valence-electron chi connectivity index (χ2n) is 6.29. The lowest BCUT2D eigenvalue weighted by Crippen LogP contribution is -2.46. The highest BCUT2D eigenvalue weighted by atomic mass is 32.2. The standard InChI is InChI=1S/C22H25NO3S/c1-5-17-23(27(25,26)20-15-13-18(4)14-16-20)21(22(24,6-2)7-3)19-11-9-8-10-12-19/h5-16,21,24H,1-3,17H2,4H3/t21-/m0/s1. The second kappa shape index (κ2) is 8.48. The molecule has 0 aromatic heterocycles. The number of nitrogens with zero attached hydrogens (tertiary/aromatic N) is 1. The van der Waals surface area contributed by atoms with E-state index in [0.29, 0.717) is 5.56 Å². The Morgan fingerprint density at radius 3 is 2.07 bits per heavy atom. The topological polar surface area (TPSA) is 57.6 Å². The van der Waals surface area contributed by atoms with Crippen molar-refractivity contribution in [2.24, 2.45) is 0 Å². The summed E-state index contributed by atoms with van der Waals surface area (Å²) in [5, 5.41) is 11.1. The van der Waals surface area contributed by atoms with Gasteiger partial charge < -0.3 is 5.11 Å². The molecule has 1 N–H and O–H groups in total. The molecule has 4 nitrogen and oxygen atoms in total. The molecule has 0 bridgehead atoms. The van der Waals surface area contributed by atoms with E-state index in [2.05, 4.69) is 19.7 Å². The van der Waals surface area contributed by atoms with Crippen LogP contribution in [0.3, 0.4) is 0 Å². The van der Waals surface area contributed by atoms with E-state index in [-0.39, 0.29) is 11.4 Å². The van der Waals surface area contributed by atoms with E-state index in [4.69, 9.17) is 0 Å². The molecule has 1 atom stereocenters. The predicted octanol–water partition coefficient (Wildman–Crippen LogP) is 4.02. The summed E-state index contributed by atoms with van der Waals surface area (Å²) in [5.74, 6) is 0. The van der Waals surface area contributed by atoms with Gasteiger partial charge in [0, 0.05) is 6.54 Å². The summed E-state index contributed by atoms with van der Waals surface area (Å²) in [4.78, 5) is 0.145. The smallest absolute Gasteiger partial charge is 0.244 e. The quantitative estimate of drug-likeness (QED) is 0.666. The number of hydrogen-bond donors (Lipinski definition) is 1. The van der Waals surface area contributed by atoms with Gasteiger partial charge in [0.1, 0.15) is 5.60 Å². The largest absolute Gasteiger partial charge is 0.380 e. The normalized spacial score (nSPS) is 13.1. The Balaban J connectivity index is 2.70. The molecule has 142 valence electrons. The first-order chi connectivity index (χ1) is 12.8. The molecule has 27 heavy (non-hydrogen) atoms. The average Bonchev–Trinajstić information content (AvgIpc) is 2.68. The van der Waals surface area contributed by atoms with Crippen LogP contribution in [0.4, 0.5) is 0 Å². The van der Waals surface area contributed by atoms with Gasteiger partial charge in [-0.15, -0.1) is 6.58 Å². The number of aliphatic hydroxyl groups is 1. The highest BCUT2D eigenvalue weighted by molar-refractivity contribution is 7.89. The first-order valence-corrected chi connectivity index (χ1v) is 9.98. The van der Waals surface area contributed by atoms with Crippen molar-refractivity contribution < 1.29 is 13.5 Å². The molecule has 0 aliphatic rings. The first kappa shape index (κ1) is 20.8. The highest BCUT2D eigenvalue weighted by Crippen LogP contribution is 2.37. The number of rotatable bonds is 9. The molecule has 0 saturated carbocycles. The summed E-state index contributed by atoms with van der Waals surface area (Å²) in [6, 6.07) is 14.6. The van der Waals surface area contributed by atoms with Crippen molar-refractivity contribution in [3.63, 3.8) is 0 Å². The van der Waals surface area contributed by atoms with E-state index in [0.717, 1.165) is 5.56 Å². The molecule has 2 aromatic rings. The SMILES string of the molecule is C=CCN([C@@H](c1ccccc1)C(O)(C=C)C=C)S(=O)(=O)c1ccc(C)cc1. The van der Waals surface area contributed by atoms with Crippen molar-refractivity contribution in [2.45, 2.75) is 23.5 Å². The van der Waals surface area contributed by atoms with Crippen molar-refractivity contribution in [3.05, 3.63) is 104 Å². The van der Waals surface area contributed by atoms with E-state index >= 15 is 0 Å². The summed E-state index contributed by atoms with van der Waals surface area (Å²) in [6.45, 7) is 13.0. The van der Waals surface area contributed by atoms with Crippen LogP contribution in [0.15, 0.2) is 97.5 Å². The van der Waals surface area contributed by atoms with Crippen LogP contribution in [-0.4, -0.2) is 30.0 Å². The molecule has 5 heteroatoms. The molecule has 0 saturated heterocycles. The van der Waals surface area contributed by atoms with Gasteiger partial charge in [0.25, 0.3) is 0 Å². The zero-order valence-electron chi connectivity index (χ0n) is 15.5. The molecule has 0 spiro atoms. The third kappa shape index (κ3) is 4.27. The zero-order chi connectivity index (χ0) is 20.1. The molecule has 0 amide bonds. The Labute approximate surface area is 161 Å². The zero-order valence-corrected chi connectivity index (χ0v) is 16.3. The Hall–Kier alpha value is -2.47. The van der Waals surface area contributed by atoms with Crippen molar-refractivity contribution >= 4 is 10.0 Å². The maximum atomic E-state index is 13.4. The van der Waals surface area contributed by atoms with Crippen LogP contribution in [0.2, 0.25) is 0 Å². The minimum absolute atomic E-state index is 0.0137. The Bertz CT molecular complexity index is 894. The molecule has 2 rings (SSSR count). The fourth-order valence-electron chi connectivity index (χ4n) is 2.92. The molecule has 0 fully saturated rings. The summed E-state index contributed by atoms with van der Waals surface area (Å²) in [5.41, 5.74) is -0.0860. The molecular formula is C22H25NO3S. The number of hydrogen-bond acceptors (Lipinski definition) is 3. The molecule has 0 heterocycles. The van der Waals surface area contributed by atoms with Crippen LogP contribution in [0.5, 0.6) is 0 Å². The summed E-state index contributed by atoms with van der Waals surface area (Å²) < 4.78 is 28.1. The molecule has 0 radical (unpaired) electrons. The van der Waals surface area contributed by atoms with Gasteiger partial charge in [0.15, 0.2) is 0 Å². The molecule has 2 aromatic carbocycles. The third-order valence-electron chi connectivity index (χ3n) is 4.43. The first-order valence-electron chi connectivity index (χ1n) is 8.54. The van der Waals surface area contributed by atoms with Gasteiger partial charge in [-0.2, -0.15) is 4.31 Å². The lowest BCUT2D eigenvalue weighted by Gasteiger charge is -2.39. The second-order valence-corrected chi connectivity index (χ2v) is 8.18. The van der Waals surface area contributed by atoms with Gasteiger partial charge in [-0.1, -0.05) is 79.4 Å².